The van der Waals surface area contributed by atoms with Gasteiger partial charge < -0.3 is 10.3 Å². The molecular weight excluding hydrogens is 188 g/mol. The standard InChI is InChI=1S/C11H20N4/c1-2-3-10(8-12)15-7-6-14-5-4-13-11(14)9-15/h4-5,10H,2-3,6-9,12H2,1H3. The summed E-state index contributed by atoms with van der Waals surface area (Å²) in [7, 11) is 0. The lowest BCUT2D eigenvalue weighted by Gasteiger charge is -2.34. The third-order valence-electron chi connectivity index (χ3n) is 3.18. The first-order valence-electron chi connectivity index (χ1n) is 5.79. The minimum absolute atomic E-state index is 0.528. The van der Waals surface area contributed by atoms with Crippen LogP contribution in [-0.4, -0.2) is 33.6 Å². The molecule has 15 heavy (non-hydrogen) atoms. The van der Waals surface area contributed by atoms with E-state index in [4.69, 9.17) is 5.73 Å². The van der Waals surface area contributed by atoms with E-state index in [1.807, 2.05) is 6.20 Å². The van der Waals surface area contributed by atoms with Crippen molar-refractivity contribution in [2.24, 2.45) is 5.73 Å². The SMILES string of the molecule is CCCC(CN)N1CCn2ccnc2C1. The van der Waals surface area contributed by atoms with Crippen molar-refractivity contribution in [2.75, 3.05) is 13.1 Å². The summed E-state index contributed by atoms with van der Waals surface area (Å²) in [6.07, 6.45) is 6.34. The van der Waals surface area contributed by atoms with Gasteiger partial charge in [0.15, 0.2) is 0 Å². The normalized spacial score (nSPS) is 18.8. The molecule has 1 aromatic heterocycles. The Bertz CT molecular complexity index is 307. The molecule has 0 saturated carbocycles. The van der Waals surface area contributed by atoms with Gasteiger partial charge in [0, 0.05) is 38.1 Å². The maximum atomic E-state index is 5.82. The van der Waals surface area contributed by atoms with E-state index in [9.17, 15) is 0 Å². The average Bonchev–Trinajstić information content (AvgIpc) is 2.72. The van der Waals surface area contributed by atoms with Gasteiger partial charge in [-0.1, -0.05) is 13.3 Å². The Labute approximate surface area is 91.1 Å². The number of rotatable bonds is 4. The maximum Gasteiger partial charge on any atom is 0.122 e. The largest absolute Gasteiger partial charge is 0.333 e. The number of fused-ring (bicyclic) bond motifs is 1. The molecule has 4 nitrogen and oxygen atoms in total. The number of hydrogen-bond donors (Lipinski definition) is 1. The Hall–Kier alpha value is -0.870. The molecular formula is C11H20N4. The summed E-state index contributed by atoms with van der Waals surface area (Å²) in [5, 5.41) is 0. The van der Waals surface area contributed by atoms with Gasteiger partial charge in [-0.3, -0.25) is 4.90 Å². The van der Waals surface area contributed by atoms with Crippen LogP contribution in [0.5, 0.6) is 0 Å². The van der Waals surface area contributed by atoms with Gasteiger partial charge in [0.1, 0.15) is 5.82 Å². The van der Waals surface area contributed by atoms with E-state index in [-0.39, 0.29) is 0 Å². The van der Waals surface area contributed by atoms with E-state index in [1.54, 1.807) is 0 Å². The molecule has 84 valence electrons. The second-order valence-electron chi connectivity index (χ2n) is 4.19. The summed E-state index contributed by atoms with van der Waals surface area (Å²) in [5.74, 6) is 1.18. The highest BCUT2D eigenvalue weighted by molar-refractivity contribution is 4.96. The van der Waals surface area contributed by atoms with Crippen molar-refractivity contribution in [2.45, 2.75) is 38.9 Å². The summed E-state index contributed by atoms with van der Waals surface area (Å²) < 4.78 is 2.23. The second kappa shape index (κ2) is 4.77. The molecule has 1 aromatic rings. The number of aromatic nitrogens is 2. The van der Waals surface area contributed by atoms with Crippen LogP contribution in [0.3, 0.4) is 0 Å². The lowest BCUT2D eigenvalue weighted by Crippen LogP contribution is -2.44. The van der Waals surface area contributed by atoms with Crippen molar-refractivity contribution in [1.82, 2.24) is 14.5 Å². The lowest BCUT2D eigenvalue weighted by molar-refractivity contribution is 0.148. The third kappa shape index (κ3) is 2.21. The zero-order valence-electron chi connectivity index (χ0n) is 9.39. The van der Waals surface area contributed by atoms with Gasteiger partial charge >= 0.3 is 0 Å². The Morgan fingerprint density at radius 3 is 3.13 bits per heavy atom. The monoisotopic (exact) mass is 208 g/mol. The van der Waals surface area contributed by atoms with Crippen LogP contribution >= 0.6 is 0 Å². The Morgan fingerprint density at radius 2 is 2.40 bits per heavy atom. The minimum Gasteiger partial charge on any atom is -0.333 e. The maximum absolute atomic E-state index is 5.82. The van der Waals surface area contributed by atoms with Crippen molar-refractivity contribution in [3.8, 4) is 0 Å². The predicted molar refractivity (Wildman–Crippen MR) is 60.4 cm³/mol. The summed E-state index contributed by atoms with van der Waals surface area (Å²) >= 11 is 0. The third-order valence-corrected chi connectivity index (χ3v) is 3.18. The number of nitrogens with two attached hydrogens (primary N) is 1. The first-order chi connectivity index (χ1) is 7.35. The van der Waals surface area contributed by atoms with Crippen LogP contribution in [0.2, 0.25) is 0 Å². The second-order valence-corrected chi connectivity index (χ2v) is 4.19. The molecule has 0 radical (unpaired) electrons. The Kier molecular flexibility index (Phi) is 3.38. The van der Waals surface area contributed by atoms with Gasteiger partial charge in [0.25, 0.3) is 0 Å². The van der Waals surface area contributed by atoms with E-state index in [0.29, 0.717) is 6.04 Å². The molecule has 1 unspecified atom stereocenters. The Morgan fingerprint density at radius 1 is 1.53 bits per heavy atom. The lowest BCUT2D eigenvalue weighted by atomic mass is 10.1. The molecule has 0 amide bonds. The number of nitrogens with zero attached hydrogens (tertiary/aromatic N) is 3. The van der Waals surface area contributed by atoms with Crippen molar-refractivity contribution >= 4 is 0 Å². The summed E-state index contributed by atoms with van der Waals surface area (Å²) in [6.45, 7) is 6.08. The van der Waals surface area contributed by atoms with Crippen LogP contribution in [0, 0.1) is 0 Å². The van der Waals surface area contributed by atoms with Gasteiger partial charge in [-0.05, 0) is 6.42 Å². The molecule has 1 atom stereocenters. The first-order valence-corrected chi connectivity index (χ1v) is 5.79. The van der Waals surface area contributed by atoms with Crippen molar-refractivity contribution < 1.29 is 0 Å². The zero-order chi connectivity index (χ0) is 10.7. The average molecular weight is 208 g/mol. The topological polar surface area (TPSA) is 47.1 Å². The molecule has 4 heteroatoms. The fourth-order valence-corrected chi connectivity index (χ4v) is 2.29. The predicted octanol–water partition coefficient (Wildman–Crippen LogP) is 0.826. The van der Waals surface area contributed by atoms with Crippen LogP contribution < -0.4 is 5.73 Å². The van der Waals surface area contributed by atoms with Gasteiger partial charge in [0.2, 0.25) is 0 Å². The molecule has 1 aliphatic heterocycles. The van der Waals surface area contributed by atoms with Crippen LogP contribution in [0.25, 0.3) is 0 Å². The highest BCUT2D eigenvalue weighted by atomic mass is 15.3. The molecule has 0 saturated heterocycles. The fourth-order valence-electron chi connectivity index (χ4n) is 2.29. The van der Waals surface area contributed by atoms with Crippen LogP contribution in [0.1, 0.15) is 25.6 Å². The van der Waals surface area contributed by atoms with E-state index in [0.717, 1.165) is 26.2 Å². The molecule has 2 N–H and O–H groups in total. The molecule has 2 rings (SSSR count). The first kappa shape index (κ1) is 10.6. The highest BCUT2D eigenvalue weighted by Crippen LogP contribution is 2.15. The van der Waals surface area contributed by atoms with Crippen LogP contribution in [0.4, 0.5) is 0 Å². The van der Waals surface area contributed by atoms with Crippen LogP contribution in [0.15, 0.2) is 12.4 Å². The molecule has 0 fully saturated rings. The number of hydrogen-bond acceptors (Lipinski definition) is 3. The minimum atomic E-state index is 0.528. The summed E-state index contributed by atoms with van der Waals surface area (Å²) in [4.78, 5) is 6.83. The highest BCUT2D eigenvalue weighted by Gasteiger charge is 2.22. The molecule has 0 aromatic carbocycles. The summed E-state index contributed by atoms with van der Waals surface area (Å²) in [6, 6.07) is 0.528. The molecule has 2 heterocycles. The Balaban J connectivity index is 2.01. The van der Waals surface area contributed by atoms with Crippen molar-refractivity contribution in [3.63, 3.8) is 0 Å². The molecule has 0 aliphatic carbocycles. The van der Waals surface area contributed by atoms with Gasteiger partial charge in [0.05, 0.1) is 6.54 Å². The van der Waals surface area contributed by atoms with Gasteiger partial charge in [-0.2, -0.15) is 0 Å². The van der Waals surface area contributed by atoms with Gasteiger partial charge in [-0.15, -0.1) is 0 Å². The van der Waals surface area contributed by atoms with Gasteiger partial charge in [-0.25, -0.2) is 4.98 Å². The zero-order valence-corrected chi connectivity index (χ0v) is 9.39. The molecule has 0 spiro atoms. The molecule has 0 bridgehead atoms. The van der Waals surface area contributed by atoms with Crippen molar-refractivity contribution in [1.29, 1.82) is 0 Å². The summed E-state index contributed by atoms with van der Waals surface area (Å²) in [5.41, 5.74) is 5.82. The van der Waals surface area contributed by atoms with E-state index in [2.05, 4.69) is 27.6 Å². The number of imidazole rings is 1. The quantitative estimate of drug-likeness (QED) is 0.797. The van der Waals surface area contributed by atoms with Crippen molar-refractivity contribution in [3.05, 3.63) is 18.2 Å². The van der Waals surface area contributed by atoms with E-state index >= 15 is 0 Å². The van der Waals surface area contributed by atoms with E-state index in [1.165, 1.54) is 18.7 Å². The van der Waals surface area contributed by atoms with E-state index < -0.39 is 0 Å². The fraction of sp³-hybridized carbons (Fsp3) is 0.727. The molecule has 1 aliphatic rings. The smallest absolute Gasteiger partial charge is 0.122 e. The van der Waals surface area contributed by atoms with Crippen LogP contribution in [-0.2, 0) is 13.1 Å².